The molecular weight excluding hydrogens is 371 g/mol. The number of piperidine rings is 1. The molecule has 2 amide bonds. The van der Waals surface area contributed by atoms with E-state index in [1.165, 1.54) is 36.7 Å². The summed E-state index contributed by atoms with van der Waals surface area (Å²) in [6.07, 6.45) is -0.0358. The van der Waals surface area contributed by atoms with Crippen LogP contribution in [0.2, 0.25) is 0 Å². The van der Waals surface area contributed by atoms with Crippen molar-refractivity contribution >= 4 is 17.5 Å². The number of nitrogens with zero attached hydrogens (tertiary/aromatic N) is 2. The molecule has 5 nitrogen and oxygen atoms in total. The molecule has 2 heterocycles. The number of amides is 2. The molecule has 0 spiro atoms. The minimum Gasteiger partial charge on any atom is -0.338 e. The van der Waals surface area contributed by atoms with Crippen LogP contribution < -0.4 is 5.32 Å². The number of likely N-dealkylation sites (tertiary alicyclic amines) is 1. The van der Waals surface area contributed by atoms with Crippen LogP contribution in [0.5, 0.6) is 0 Å². The van der Waals surface area contributed by atoms with Crippen molar-refractivity contribution < 1.29 is 22.8 Å². The van der Waals surface area contributed by atoms with Gasteiger partial charge in [0.2, 0.25) is 0 Å². The standard InChI is InChI=1S/C20H20F3N3O2/c1-13-5-4-8-26(12-13)19(28)15-9-14(10-24-11-15)18(27)25-17-7-3-2-6-16(17)20(21,22)23/h2-3,6-7,9-11,13H,4-5,8,12H2,1H3,(H,25,27). The smallest absolute Gasteiger partial charge is 0.338 e. The third kappa shape index (κ3) is 4.49. The Kier molecular flexibility index (Phi) is 5.67. The van der Waals surface area contributed by atoms with E-state index in [2.05, 4.69) is 17.2 Å². The van der Waals surface area contributed by atoms with Crippen molar-refractivity contribution in [2.45, 2.75) is 25.9 Å². The van der Waals surface area contributed by atoms with Gasteiger partial charge in [0.15, 0.2) is 0 Å². The molecular formula is C20H20F3N3O2. The fourth-order valence-corrected chi connectivity index (χ4v) is 3.27. The van der Waals surface area contributed by atoms with Crippen molar-refractivity contribution in [1.82, 2.24) is 9.88 Å². The van der Waals surface area contributed by atoms with E-state index in [1.807, 2.05) is 0 Å². The molecule has 1 saturated heterocycles. The normalized spacial score (nSPS) is 17.3. The Morgan fingerprint density at radius 3 is 2.61 bits per heavy atom. The minimum absolute atomic E-state index is 0.0212. The van der Waals surface area contributed by atoms with Gasteiger partial charge in [0.05, 0.1) is 22.4 Å². The second-order valence-corrected chi connectivity index (χ2v) is 6.96. The van der Waals surface area contributed by atoms with Crippen LogP contribution in [0.25, 0.3) is 0 Å². The Hall–Kier alpha value is -2.90. The van der Waals surface area contributed by atoms with Gasteiger partial charge in [-0.3, -0.25) is 14.6 Å². The molecule has 2 aromatic rings. The lowest BCUT2D eigenvalue weighted by molar-refractivity contribution is -0.136. The van der Waals surface area contributed by atoms with Gasteiger partial charge >= 0.3 is 6.18 Å². The maximum Gasteiger partial charge on any atom is 0.418 e. The van der Waals surface area contributed by atoms with Crippen molar-refractivity contribution in [1.29, 1.82) is 0 Å². The average molecular weight is 391 g/mol. The number of carbonyl (C=O) groups excluding carboxylic acids is 2. The fourth-order valence-electron chi connectivity index (χ4n) is 3.27. The van der Waals surface area contributed by atoms with Gasteiger partial charge in [0.1, 0.15) is 0 Å². The predicted molar refractivity (Wildman–Crippen MR) is 97.9 cm³/mol. The van der Waals surface area contributed by atoms with E-state index in [1.54, 1.807) is 4.90 Å². The Bertz CT molecular complexity index is 883. The van der Waals surface area contributed by atoms with Gasteiger partial charge < -0.3 is 10.2 Å². The highest BCUT2D eigenvalue weighted by Crippen LogP contribution is 2.34. The van der Waals surface area contributed by atoms with Crippen molar-refractivity contribution in [3.63, 3.8) is 0 Å². The van der Waals surface area contributed by atoms with Gasteiger partial charge in [0.25, 0.3) is 11.8 Å². The molecule has 0 aliphatic carbocycles. The number of hydrogen-bond donors (Lipinski definition) is 1. The summed E-state index contributed by atoms with van der Waals surface area (Å²) in [5.41, 5.74) is -1.02. The van der Waals surface area contributed by atoms with E-state index < -0.39 is 17.6 Å². The van der Waals surface area contributed by atoms with E-state index in [0.717, 1.165) is 18.9 Å². The molecule has 0 bridgehead atoms. The van der Waals surface area contributed by atoms with Crippen molar-refractivity contribution in [2.75, 3.05) is 18.4 Å². The maximum absolute atomic E-state index is 13.1. The molecule has 0 saturated carbocycles. The molecule has 1 aliphatic heterocycles. The van der Waals surface area contributed by atoms with Crippen LogP contribution in [-0.4, -0.2) is 34.8 Å². The molecule has 1 aromatic carbocycles. The largest absolute Gasteiger partial charge is 0.418 e. The molecule has 1 fully saturated rings. The summed E-state index contributed by atoms with van der Waals surface area (Å²) in [6, 6.07) is 6.09. The van der Waals surface area contributed by atoms with Crippen LogP contribution in [0.4, 0.5) is 18.9 Å². The first kappa shape index (κ1) is 19.9. The van der Waals surface area contributed by atoms with E-state index in [0.29, 0.717) is 19.0 Å². The van der Waals surface area contributed by atoms with Crippen LogP contribution in [0.1, 0.15) is 46.0 Å². The highest BCUT2D eigenvalue weighted by atomic mass is 19.4. The summed E-state index contributed by atoms with van der Waals surface area (Å²) >= 11 is 0. The van der Waals surface area contributed by atoms with Gasteiger partial charge in [0, 0.05) is 25.5 Å². The zero-order valence-corrected chi connectivity index (χ0v) is 15.3. The SMILES string of the molecule is CC1CCCN(C(=O)c2cncc(C(=O)Nc3ccccc3C(F)(F)F)c2)C1. The fraction of sp³-hybridized carbons (Fsp3) is 0.350. The Balaban J connectivity index is 1.79. The first-order valence-corrected chi connectivity index (χ1v) is 8.97. The van der Waals surface area contributed by atoms with Gasteiger partial charge in [-0.2, -0.15) is 13.2 Å². The Morgan fingerprint density at radius 2 is 1.89 bits per heavy atom. The molecule has 1 aromatic heterocycles. The molecule has 1 unspecified atom stereocenters. The molecule has 28 heavy (non-hydrogen) atoms. The number of hydrogen-bond acceptors (Lipinski definition) is 3. The molecule has 148 valence electrons. The first-order valence-electron chi connectivity index (χ1n) is 8.97. The lowest BCUT2D eigenvalue weighted by atomic mass is 9.99. The minimum atomic E-state index is -4.59. The highest BCUT2D eigenvalue weighted by molar-refractivity contribution is 6.06. The Morgan fingerprint density at radius 1 is 1.18 bits per heavy atom. The van der Waals surface area contributed by atoms with E-state index >= 15 is 0 Å². The summed E-state index contributed by atoms with van der Waals surface area (Å²) < 4.78 is 39.3. The number of benzene rings is 1. The summed E-state index contributed by atoms with van der Waals surface area (Å²) in [5, 5.41) is 2.26. The van der Waals surface area contributed by atoms with E-state index in [9.17, 15) is 22.8 Å². The van der Waals surface area contributed by atoms with Gasteiger partial charge in [-0.25, -0.2) is 0 Å². The van der Waals surface area contributed by atoms with Crippen LogP contribution in [0, 0.1) is 5.92 Å². The molecule has 1 atom stereocenters. The number of aromatic nitrogens is 1. The first-order chi connectivity index (χ1) is 13.3. The quantitative estimate of drug-likeness (QED) is 0.852. The lowest BCUT2D eigenvalue weighted by Crippen LogP contribution is -2.39. The van der Waals surface area contributed by atoms with E-state index in [-0.39, 0.29) is 22.7 Å². The number of halogens is 3. The summed E-state index contributed by atoms with van der Waals surface area (Å²) in [7, 11) is 0. The number of para-hydroxylation sites is 1. The van der Waals surface area contributed by atoms with Crippen LogP contribution in [0.15, 0.2) is 42.7 Å². The number of carbonyl (C=O) groups is 2. The van der Waals surface area contributed by atoms with Gasteiger partial charge in [-0.05, 0) is 37.0 Å². The molecule has 3 rings (SSSR count). The van der Waals surface area contributed by atoms with Crippen molar-refractivity contribution in [3.05, 3.63) is 59.4 Å². The third-order valence-electron chi connectivity index (χ3n) is 4.67. The molecule has 8 heteroatoms. The summed E-state index contributed by atoms with van der Waals surface area (Å²) in [5.74, 6) is -0.591. The number of pyridine rings is 1. The number of rotatable bonds is 3. The van der Waals surface area contributed by atoms with E-state index in [4.69, 9.17) is 0 Å². The zero-order valence-electron chi connectivity index (χ0n) is 15.3. The molecule has 1 aliphatic rings. The molecule has 1 N–H and O–H groups in total. The topological polar surface area (TPSA) is 62.3 Å². The monoisotopic (exact) mass is 391 g/mol. The van der Waals surface area contributed by atoms with Crippen LogP contribution >= 0.6 is 0 Å². The number of alkyl halides is 3. The number of nitrogens with one attached hydrogen (secondary N) is 1. The van der Waals surface area contributed by atoms with Gasteiger partial charge in [-0.1, -0.05) is 19.1 Å². The van der Waals surface area contributed by atoms with Crippen LogP contribution in [0.3, 0.4) is 0 Å². The zero-order chi connectivity index (χ0) is 20.3. The summed E-state index contributed by atoms with van der Waals surface area (Å²) in [6.45, 7) is 3.34. The van der Waals surface area contributed by atoms with Gasteiger partial charge in [-0.15, -0.1) is 0 Å². The third-order valence-corrected chi connectivity index (χ3v) is 4.67. The molecule has 0 radical (unpaired) electrons. The van der Waals surface area contributed by atoms with Crippen molar-refractivity contribution in [3.8, 4) is 0 Å². The Labute approximate surface area is 160 Å². The average Bonchev–Trinajstić information content (AvgIpc) is 2.67. The number of anilines is 1. The highest BCUT2D eigenvalue weighted by Gasteiger charge is 2.33. The van der Waals surface area contributed by atoms with Crippen molar-refractivity contribution in [2.24, 2.45) is 5.92 Å². The summed E-state index contributed by atoms with van der Waals surface area (Å²) in [4.78, 5) is 30.8. The predicted octanol–water partition coefficient (Wildman–Crippen LogP) is 4.22. The second-order valence-electron chi connectivity index (χ2n) is 6.96. The maximum atomic E-state index is 13.1. The van der Waals surface area contributed by atoms with Crippen LogP contribution in [-0.2, 0) is 6.18 Å². The lowest BCUT2D eigenvalue weighted by Gasteiger charge is -2.31. The second kappa shape index (κ2) is 8.00.